The van der Waals surface area contributed by atoms with Crippen molar-refractivity contribution in [2.75, 3.05) is 6.61 Å². The zero-order valence-electron chi connectivity index (χ0n) is 13.7. The molecule has 2 aliphatic rings. The van der Waals surface area contributed by atoms with Crippen LogP contribution in [0.4, 0.5) is 8.78 Å². The number of aliphatic hydroxyl groups excluding tert-OH is 1. The third-order valence-corrected chi connectivity index (χ3v) is 5.56. The first-order valence-electron chi connectivity index (χ1n) is 7.65. The van der Waals surface area contributed by atoms with Crippen LogP contribution in [-0.2, 0) is 22.9 Å². The van der Waals surface area contributed by atoms with Crippen molar-refractivity contribution < 1.29 is 36.8 Å². The largest absolute Gasteiger partial charge is 0.475 e. The Bertz CT molecular complexity index is 842. The number of halogens is 2. The highest BCUT2D eigenvalue weighted by Crippen LogP contribution is 2.61. The first kappa shape index (κ1) is 19.3. The fourth-order valence-corrected chi connectivity index (χ4v) is 4.45. The highest BCUT2D eigenvalue weighted by molar-refractivity contribution is 7.48. The molecule has 0 amide bonds. The summed E-state index contributed by atoms with van der Waals surface area (Å²) in [5, 5.41) is 10.4. The van der Waals surface area contributed by atoms with Crippen molar-refractivity contribution in [3.05, 3.63) is 33.1 Å². The molecule has 10 nitrogen and oxygen atoms in total. The number of nitrogens with zero attached hydrogens (tertiary/aromatic N) is 1. The molecule has 13 heteroatoms. The molecule has 2 N–H and O–H groups in total. The Hall–Kier alpha value is -1.43. The van der Waals surface area contributed by atoms with Crippen LogP contribution in [0.15, 0.2) is 21.9 Å². The van der Waals surface area contributed by atoms with Crippen LogP contribution in [0, 0.1) is 0 Å². The van der Waals surface area contributed by atoms with E-state index >= 15 is 0 Å². The first-order valence-corrected chi connectivity index (χ1v) is 9.11. The van der Waals surface area contributed by atoms with E-state index in [1.807, 2.05) is 4.98 Å². The summed E-state index contributed by atoms with van der Waals surface area (Å²) in [7, 11) is -4.22. The van der Waals surface area contributed by atoms with E-state index in [4.69, 9.17) is 18.3 Å². The molecule has 2 aliphatic heterocycles. The lowest BCUT2D eigenvalue weighted by atomic mass is 9.96. The van der Waals surface area contributed by atoms with Crippen molar-refractivity contribution in [1.82, 2.24) is 9.55 Å². The van der Waals surface area contributed by atoms with Crippen LogP contribution >= 0.6 is 7.82 Å². The second-order valence-corrected chi connectivity index (χ2v) is 7.75. The highest BCUT2D eigenvalue weighted by atomic mass is 31.2. The van der Waals surface area contributed by atoms with Gasteiger partial charge in [-0.2, -0.15) is 0 Å². The molecule has 0 bridgehead atoms. The maximum Gasteiger partial charge on any atom is 0.475 e. The molecule has 3 heterocycles. The molecule has 0 spiro atoms. The number of hydrogen-bond acceptors (Lipinski definition) is 8. The van der Waals surface area contributed by atoms with E-state index in [-0.39, 0.29) is 0 Å². The number of aromatic amines is 1. The third-order valence-electron chi connectivity index (χ3n) is 3.95. The molecule has 2 saturated heterocycles. The number of alkyl halides is 2. The van der Waals surface area contributed by atoms with Crippen LogP contribution in [-0.4, -0.2) is 51.6 Å². The van der Waals surface area contributed by atoms with Crippen molar-refractivity contribution in [1.29, 1.82) is 0 Å². The van der Waals surface area contributed by atoms with Gasteiger partial charge in [0.15, 0.2) is 11.8 Å². The molecular formula is C13H17F2N2O8P. The van der Waals surface area contributed by atoms with Gasteiger partial charge in [0, 0.05) is 12.3 Å². The molecule has 1 unspecified atom stereocenters. The van der Waals surface area contributed by atoms with E-state index in [1.165, 1.54) is 13.8 Å². The number of phosphoric acid groups is 1. The number of phosphoric ester groups is 1. The Balaban J connectivity index is 1.99. The summed E-state index contributed by atoms with van der Waals surface area (Å²) in [5.41, 5.74) is -4.16. The van der Waals surface area contributed by atoms with Gasteiger partial charge in [0.05, 0.1) is 12.7 Å². The molecular weight excluding hydrogens is 381 g/mol. The van der Waals surface area contributed by atoms with Crippen LogP contribution in [0.5, 0.6) is 0 Å². The quantitative estimate of drug-likeness (QED) is 0.697. The summed E-state index contributed by atoms with van der Waals surface area (Å²) >= 11 is 0. The lowest BCUT2D eigenvalue weighted by molar-refractivity contribution is -0.208. The Kier molecular flexibility index (Phi) is 4.93. The van der Waals surface area contributed by atoms with Crippen molar-refractivity contribution in [3.8, 4) is 0 Å². The van der Waals surface area contributed by atoms with E-state index in [9.17, 15) is 28.0 Å². The molecule has 0 radical (unpaired) electrons. The molecule has 2 fully saturated rings. The molecule has 146 valence electrons. The number of aromatic nitrogens is 2. The summed E-state index contributed by atoms with van der Waals surface area (Å²) in [4.78, 5) is 25.0. The van der Waals surface area contributed by atoms with E-state index in [0.717, 1.165) is 16.8 Å². The van der Waals surface area contributed by atoms with Gasteiger partial charge >= 0.3 is 13.5 Å². The number of aliphatic hydroxyl groups is 1. The lowest BCUT2D eigenvalue weighted by Crippen LogP contribution is -2.56. The standard InChI is InChI=1S/C13H17F2N2O8P/c1-6(2)24-26(21)22-5-13(11(14)15)9(25-26)8(19)10(23-13)17-4-3-7(18)16-12(17)20/h3-4,6,8-11,19H,5H2,1-2H3,(H,16,18,20)/t8-,9-,10-,13-,26?/m0/s1. The summed E-state index contributed by atoms with van der Waals surface area (Å²) in [5.74, 6) is 0. The Labute approximate surface area is 145 Å². The SMILES string of the molecule is CC(C)OP1(=O)OC[C@]2(C(F)F)O[C@H](n3ccc(=O)[nH]c3=O)[C@@H](O)[C@@H]2O1. The summed E-state index contributed by atoms with van der Waals surface area (Å²) in [6.45, 7) is 2.18. The van der Waals surface area contributed by atoms with Gasteiger partial charge in [-0.3, -0.25) is 27.9 Å². The Morgan fingerprint density at radius 2 is 2.15 bits per heavy atom. The minimum Gasteiger partial charge on any atom is -0.386 e. The van der Waals surface area contributed by atoms with E-state index in [2.05, 4.69) is 0 Å². The van der Waals surface area contributed by atoms with Gasteiger partial charge in [0.1, 0.15) is 12.2 Å². The van der Waals surface area contributed by atoms with Gasteiger partial charge in [-0.15, -0.1) is 0 Å². The molecule has 1 aromatic rings. The van der Waals surface area contributed by atoms with E-state index in [1.54, 1.807) is 0 Å². The highest BCUT2D eigenvalue weighted by Gasteiger charge is 2.67. The fourth-order valence-electron chi connectivity index (χ4n) is 2.82. The average Bonchev–Trinajstić information content (AvgIpc) is 2.80. The molecule has 0 aliphatic carbocycles. The Morgan fingerprint density at radius 1 is 1.46 bits per heavy atom. The smallest absolute Gasteiger partial charge is 0.386 e. The zero-order valence-corrected chi connectivity index (χ0v) is 14.6. The van der Waals surface area contributed by atoms with Gasteiger partial charge in [-0.05, 0) is 13.8 Å². The Morgan fingerprint density at radius 3 is 2.73 bits per heavy atom. The number of fused-ring (bicyclic) bond motifs is 1. The normalized spacial score (nSPS) is 37.3. The number of rotatable bonds is 4. The fraction of sp³-hybridized carbons (Fsp3) is 0.692. The number of nitrogens with one attached hydrogen (secondary N) is 1. The van der Waals surface area contributed by atoms with Gasteiger partial charge in [0.25, 0.3) is 12.0 Å². The predicted octanol–water partition coefficient (Wildman–Crippen LogP) is 0.379. The minimum atomic E-state index is -4.22. The zero-order chi connectivity index (χ0) is 19.3. The molecule has 0 aromatic carbocycles. The van der Waals surface area contributed by atoms with Crippen molar-refractivity contribution >= 4 is 7.82 Å². The maximum atomic E-state index is 13.7. The van der Waals surface area contributed by atoms with Crippen LogP contribution in [0.1, 0.15) is 20.1 Å². The molecule has 0 saturated carbocycles. The average molecular weight is 398 g/mol. The van der Waals surface area contributed by atoms with Crippen molar-refractivity contribution in [2.24, 2.45) is 0 Å². The van der Waals surface area contributed by atoms with Gasteiger partial charge in [-0.1, -0.05) is 0 Å². The second-order valence-electron chi connectivity index (χ2n) is 6.17. The van der Waals surface area contributed by atoms with Crippen LogP contribution in [0.2, 0.25) is 0 Å². The lowest BCUT2D eigenvalue weighted by Gasteiger charge is -2.39. The van der Waals surface area contributed by atoms with Crippen LogP contribution in [0.3, 0.4) is 0 Å². The monoisotopic (exact) mass is 398 g/mol. The molecule has 26 heavy (non-hydrogen) atoms. The topological polar surface area (TPSA) is 129 Å². The van der Waals surface area contributed by atoms with Crippen molar-refractivity contribution in [2.45, 2.75) is 50.4 Å². The maximum absolute atomic E-state index is 13.7. The minimum absolute atomic E-state index is 0.600. The number of hydrogen-bond donors (Lipinski definition) is 2. The van der Waals surface area contributed by atoms with Crippen LogP contribution in [0.25, 0.3) is 0 Å². The van der Waals surface area contributed by atoms with Gasteiger partial charge in [-0.25, -0.2) is 18.1 Å². The first-order chi connectivity index (χ1) is 12.1. The van der Waals surface area contributed by atoms with Gasteiger partial charge < -0.3 is 9.84 Å². The number of ether oxygens (including phenoxy) is 1. The van der Waals surface area contributed by atoms with E-state index < -0.39 is 62.2 Å². The predicted molar refractivity (Wildman–Crippen MR) is 80.8 cm³/mol. The van der Waals surface area contributed by atoms with E-state index in [0.29, 0.717) is 0 Å². The van der Waals surface area contributed by atoms with Crippen LogP contribution < -0.4 is 11.2 Å². The van der Waals surface area contributed by atoms with Crippen molar-refractivity contribution in [3.63, 3.8) is 0 Å². The summed E-state index contributed by atoms with van der Waals surface area (Å²) < 4.78 is 60.9. The van der Waals surface area contributed by atoms with Gasteiger partial charge in [0.2, 0.25) is 0 Å². The number of H-pyrrole nitrogens is 1. The summed E-state index contributed by atoms with van der Waals surface area (Å²) in [6, 6.07) is 0.957. The third kappa shape index (κ3) is 3.17. The second kappa shape index (κ2) is 6.63. The molecule has 3 rings (SSSR count). The molecule has 5 atom stereocenters. The molecule has 1 aromatic heterocycles. The summed E-state index contributed by atoms with van der Waals surface area (Å²) in [6.07, 6.45) is -8.02.